The first kappa shape index (κ1) is 14.6. The summed E-state index contributed by atoms with van der Waals surface area (Å²) in [5, 5.41) is 11.1. The number of amides is 1. The fourth-order valence-electron chi connectivity index (χ4n) is 1.32. The number of nitrogens with zero attached hydrogens (tertiary/aromatic N) is 1. The van der Waals surface area contributed by atoms with Crippen LogP contribution in [0, 0.1) is 5.95 Å². The Morgan fingerprint density at radius 1 is 1.63 bits per heavy atom. The van der Waals surface area contributed by atoms with E-state index in [0.29, 0.717) is 5.56 Å². The van der Waals surface area contributed by atoms with Crippen molar-refractivity contribution in [1.82, 2.24) is 10.3 Å². The predicted octanol–water partition coefficient (Wildman–Crippen LogP) is 1.13. The summed E-state index contributed by atoms with van der Waals surface area (Å²) in [6.45, 7) is 3.33. The number of hydrogen-bond acceptors (Lipinski definition) is 4. The summed E-state index contributed by atoms with van der Waals surface area (Å²) in [5.41, 5.74) is 0.406. The molecule has 0 radical (unpaired) electrons. The average molecular weight is 268 g/mol. The van der Waals surface area contributed by atoms with Crippen molar-refractivity contribution in [2.75, 3.05) is 6.61 Å². The molecule has 1 atom stereocenters. The van der Waals surface area contributed by atoms with Crippen LogP contribution in [-0.2, 0) is 16.0 Å². The standard InChI is InChI=1S/C12H13FN2O4/c1-2-5-19-12(18)15-9(11(16)17)6-8-3-4-14-10(13)7-8/h2-4,7,9H,1,5-6H2,(H,15,18)(H,16,17)/t9-/m0/s1. The van der Waals surface area contributed by atoms with Gasteiger partial charge in [0.2, 0.25) is 5.95 Å². The van der Waals surface area contributed by atoms with Gasteiger partial charge < -0.3 is 15.2 Å². The molecule has 0 spiro atoms. The van der Waals surface area contributed by atoms with Gasteiger partial charge in [0.1, 0.15) is 12.6 Å². The Morgan fingerprint density at radius 3 is 2.95 bits per heavy atom. The number of aromatic nitrogens is 1. The zero-order chi connectivity index (χ0) is 14.3. The minimum absolute atomic E-state index is 0.0257. The van der Waals surface area contributed by atoms with Gasteiger partial charge in [-0.1, -0.05) is 12.7 Å². The van der Waals surface area contributed by atoms with Crippen molar-refractivity contribution < 1.29 is 23.8 Å². The first-order valence-electron chi connectivity index (χ1n) is 5.40. The van der Waals surface area contributed by atoms with E-state index in [2.05, 4.69) is 21.6 Å². The molecule has 0 aliphatic heterocycles. The lowest BCUT2D eigenvalue weighted by atomic mass is 10.1. The molecule has 0 saturated carbocycles. The van der Waals surface area contributed by atoms with E-state index in [1.165, 1.54) is 18.3 Å². The molecule has 102 valence electrons. The van der Waals surface area contributed by atoms with E-state index in [1.54, 1.807) is 0 Å². The Balaban J connectivity index is 2.65. The van der Waals surface area contributed by atoms with Crippen LogP contribution >= 0.6 is 0 Å². The molecular formula is C12H13FN2O4. The number of aliphatic carboxylic acids is 1. The van der Waals surface area contributed by atoms with Crippen molar-refractivity contribution >= 4 is 12.1 Å². The molecule has 0 fully saturated rings. The molecule has 0 bridgehead atoms. The number of hydrogen-bond donors (Lipinski definition) is 2. The number of pyridine rings is 1. The SMILES string of the molecule is C=CCOC(=O)N[C@@H](Cc1ccnc(F)c1)C(=O)O. The van der Waals surface area contributed by atoms with Gasteiger partial charge in [-0.15, -0.1) is 0 Å². The van der Waals surface area contributed by atoms with Crippen LogP contribution in [0.4, 0.5) is 9.18 Å². The molecule has 6 nitrogen and oxygen atoms in total. The molecule has 0 aliphatic rings. The molecule has 0 saturated heterocycles. The minimum atomic E-state index is -1.24. The van der Waals surface area contributed by atoms with Crippen molar-refractivity contribution in [2.45, 2.75) is 12.5 Å². The number of carbonyl (C=O) groups is 2. The highest BCUT2D eigenvalue weighted by molar-refractivity contribution is 5.80. The molecule has 0 unspecified atom stereocenters. The second-order valence-electron chi connectivity index (χ2n) is 3.61. The molecule has 2 N–H and O–H groups in total. The maximum atomic E-state index is 12.9. The van der Waals surface area contributed by atoms with Crippen LogP contribution in [-0.4, -0.2) is 34.8 Å². The summed E-state index contributed by atoms with van der Waals surface area (Å²) in [5.74, 6) is -1.95. The normalized spacial score (nSPS) is 11.4. The summed E-state index contributed by atoms with van der Waals surface area (Å²) in [7, 11) is 0. The third kappa shape index (κ3) is 5.15. The average Bonchev–Trinajstić information content (AvgIpc) is 2.35. The summed E-state index contributed by atoms with van der Waals surface area (Å²) >= 11 is 0. The predicted molar refractivity (Wildman–Crippen MR) is 64.0 cm³/mol. The number of carboxylic acid groups (broad SMARTS) is 1. The van der Waals surface area contributed by atoms with Gasteiger partial charge in [0.25, 0.3) is 0 Å². The largest absolute Gasteiger partial charge is 0.480 e. The highest BCUT2D eigenvalue weighted by Gasteiger charge is 2.21. The third-order valence-corrected chi connectivity index (χ3v) is 2.15. The van der Waals surface area contributed by atoms with Crippen LogP contribution in [0.5, 0.6) is 0 Å². The van der Waals surface area contributed by atoms with E-state index in [4.69, 9.17) is 5.11 Å². The second kappa shape index (κ2) is 7.10. The van der Waals surface area contributed by atoms with Crippen LogP contribution in [0.2, 0.25) is 0 Å². The number of ether oxygens (including phenoxy) is 1. The van der Waals surface area contributed by atoms with E-state index >= 15 is 0 Å². The molecule has 1 rings (SSSR count). The van der Waals surface area contributed by atoms with Crippen molar-refractivity contribution in [3.8, 4) is 0 Å². The van der Waals surface area contributed by atoms with Gasteiger partial charge in [0.05, 0.1) is 0 Å². The quantitative estimate of drug-likeness (QED) is 0.596. The smallest absolute Gasteiger partial charge is 0.408 e. The van der Waals surface area contributed by atoms with Crippen LogP contribution in [0.25, 0.3) is 0 Å². The van der Waals surface area contributed by atoms with Crippen molar-refractivity contribution in [3.05, 3.63) is 42.5 Å². The number of alkyl carbamates (subject to hydrolysis) is 1. The Labute approximate surface area is 108 Å². The van der Waals surface area contributed by atoms with Crippen LogP contribution in [0.1, 0.15) is 5.56 Å². The van der Waals surface area contributed by atoms with E-state index in [1.807, 2.05) is 0 Å². The van der Waals surface area contributed by atoms with Crippen LogP contribution < -0.4 is 5.32 Å². The minimum Gasteiger partial charge on any atom is -0.480 e. The number of rotatable bonds is 6. The summed E-state index contributed by atoms with van der Waals surface area (Å²) in [4.78, 5) is 25.6. The monoisotopic (exact) mass is 268 g/mol. The van der Waals surface area contributed by atoms with Crippen LogP contribution in [0.3, 0.4) is 0 Å². The van der Waals surface area contributed by atoms with E-state index in [-0.39, 0.29) is 13.0 Å². The number of nitrogens with one attached hydrogen (secondary N) is 1. The number of carboxylic acids is 1. The fourth-order valence-corrected chi connectivity index (χ4v) is 1.32. The second-order valence-corrected chi connectivity index (χ2v) is 3.61. The summed E-state index contributed by atoms with van der Waals surface area (Å²) in [6.07, 6.45) is 1.63. The van der Waals surface area contributed by atoms with Gasteiger partial charge >= 0.3 is 12.1 Å². The van der Waals surface area contributed by atoms with Gasteiger partial charge in [-0.25, -0.2) is 14.6 Å². The first-order chi connectivity index (χ1) is 9.02. The van der Waals surface area contributed by atoms with Crippen molar-refractivity contribution in [1.29, 1.82) is 0 Å². The molecule has 0 aromatic carbocycles. The maximum Gasteiger partial charge on any atom is 0.408 e. The molecule has 0 aliphatic carbocycles. The van der Waals surface area contributed by atoms with Gasteiger partial charge in [-0.3, -0.25) is 0 Å². The molecule has 7 heteroatoms. The van der Waals surface area contributed by atoms with Gasteiger partial charge in [0.15, 0.2) is 0 Å². The van der Waals surface area contributed by atoms with E-state index in [9.17, 15) is 14.0 Å². The van der Waals surface area contributed by atoms with E-state index in [0.717, 1.165) is 6.07 Å². The van der Waals surface area contributed by atoms with E-state index < -0.39 is 24.1 Å². The number of halogens is 1. The Kier molecular flexibility index (Phi) is 5.46. The van der Waals surface area contributed by atoms with Crippen LogP contribution in [0.15, 0.2) is 31.0 Å². The van der Waals surface area contributed by atoms with Crippen molar-refractivity contribution in [2.24, 2.45) is 0 Å². The Bertz CT molecular complexity index is 479. The van der Waals surface area contributed by atoms with Gasteiger partial charge in [-0.2, -0.15) is 4.39 Å². The molecule has 1 heterocycles. The lowest BCUT2D eigenvalue weighted by Gasteiger charge is -2.14. The van der Waals surface area contributed by atoms with Gasteiger partial charge in [-0.05, 0) is 17.7 Å². The maximum absolute atomic E-state index is 12.9. The molecular weight excluding hydrogens is 255 g/mol. The third-order valence-electron chi connectivity index (χ3n) is 2.15. The first-order valence-corrected chi connectivity index (χ1v) is 5.40. The lowest BCUT2D eigenvalue weighted by molar-refractivity contribution is -0.139. The van der Waals surface area contributed by atoms with Gasteiger partial charge in [0, 0.05) is 12.6 Å². The summed E-state index contributed by atoms with van der Waals surface area (Å²) < 4.78 is 17.5. The zero-order valence-corrected chi connectivity index (χ0v) is 10.0. The fraction of sp³-hybridized carbons (Fsp3) is 0.250. The lowest BCUT2D eigenvalue weighted by Crippen LogP contribution is -2.42. The molecule has 1 aromatic rings. The Hall–Kier alpha value is -2.44. The molecule has 1 amide bonds. The van der Waals surface area contributed by atoms with Crippen molar-refractivity contribution in [3.63, 3.8) is 0 Å². The molecule has 19 heavy (non-hydrogen) atoms. The summed E-state index contributed by atoms with van der Waals surface area (Å²) in [6, 6.07) is 1.36. The highest BCUT2D eigenvalue weighted by atomic mass is 19.1. The molecule has 1 aromatic heterocycles. The zero-order valence-electron chi connectivity index (χ0n) is 10.0. The topological polar surface area (TPSA) is 88.5 Å². The Morgan fingerprint density at radius 2 is 2.37 bits per heavy atom. The highest BCUT2D eigenvalue weighted by Crippen LogP contribution is 2.05. The number of carbonyl (C=O) groups excluding carboxylic acids is 1.